The highest BCUT2D eigenvalue weighted by Crippen LogP contribution is 2.27. The van der Waals surface area contributed by atoms with E-state index in [0.717, 1.165) is 6.07 Å². The van der Waals surface area contributed by atoms with Crippen molar-refractivity contribution in [2.45, 2.75) is 40.0 Å². The number of rotatable bonds is 3. The Hall–Kier alpha value is -2.25. The van der Waals surface area contributed by atoms with Crippen LogP contribution in [0.2, 0.25) is 0 Å². The van der Waals surface area contributed by atoms with Gasteiger partial charge >= 0.3 is 6.36 Å². The van der Waals surface area contributed by atoms with E-state index < -0.39 is 11.8 Å². The van der Waals surface area contributed by atoms with Crippen molar-refractivity contribution in [2.75, 3.05) is 18.4 Å². The monoisotopic (exact) mass is 372 g/mol. The number of carbonyl (C=O) groups excluding carboxylic acids is 2. The van der Waals surface area contributed by atoms with E-state index in [2.05, 4.69) is 10.1 Å². The van der Waals surface area contributed by atoms with Crippen LogP contribution in [-0.4, -0.2) is 36.2 Å². The molecular weight excluding hydrogens is 349 g/mol. The fourth-order valence-electron chi connectivity index (χ4n) is 2.83. The predicted octanol–water partition coefficient (Wildman–Crippen LogP) is 3.81. The highest BCUT2D eigenvalue weighted by atomic mass is 19.4. The summed E-state index contributed by atoms with van der Waals surface area (Å²) in [7, 11) is 0. The number of hydrogen-bond donors (Lipinski definition) is 1. The maximum Gasteiger partial charge on any atom is 0.573 e. The second-order valence-electron chi connectivity index (χ2n) is 7.38. The molecule has 1 fully saturated rings. The number of benzene rings is 1. The van der Waals surface area contributed by atoms with E-state index in [1.807, 2.05) is 20.8 Å². The highest BCUT2D eigenvalue weighted by Gasteiger charge is 2.33. The molecule has 0 unspecified atom stereocenters. The second kappa shape index (κ2) is 7.55. The number of hydrogen-bond acceptors (Lipinski definition) is 3. The third-order valence-electron chi connectivity index (χ3n) is 4.13. The number of alkyl halides is 3. The van der Waals surface area contributed by atoms with E-state index in [1.54, 1.807) is 4.90 Å². The molecule has 1 saturated heterocycles. The number of nitrogens with one attached hydrogen (secondary N) is 1. The molecule has 1 aromatic rings. The van der Waals surface area contributed by atoms with E-state index >= 15 is 0 Å². The zero-order valence-electron chi connectivity index (χ0n) is 15.0. The summed E-state index contributed by atoms with van der Waals surface area (Å²) in [6, 6.07) is 5.17. The van der Waals surface area contributed by atoms with Crippen LogP contribution < -0.4 is 10.1 Å². The molecule has 2 rings (SSSR count). The normalized spacial score (nSPS) is 16.3. The quantitative estimate of drug-likeness (QED) is 0.878. The molecule has 0 radical (unpaired) electrons. The van der Waals surface area contributed by atoms with Crippen LogP contribution in [0.4, 0.5) is 18.9 Å². The second-order valence-corrected chi connectivity index (χ2v) is 7.38. The number of halogens is 3. The molecule has 0 aliphatic carbocycles. The average molecular weight is 372 g/mol. The first-order valence-corrected chi connectivity index (χ1v) is 8.42. The minimum Gasteiger partial charge on any atom is -0.406 e. The van der Waals surface area contributed by atoms with Crippen LogP contribution >= 0.6 is 0 Å². The first kappa shape index (κ1) is 20.1. The van der Waals surface area contributed by atoms with Crippen LogP contribution in [0.1, 0.15) is 33.6 Å². The molecule has 26 heavy (non-hydrogen) atoms. The summed E-state index contributed by atoms with van der Waals surface area (Å²) >= 11 is 0. The minimum atomic E-state index is -4.78. The fraction of sp³-hybridized carbons (Fsp3) is 0.556. The Kier molecular flexibility index (Phi) is 5.83. The number of anilines is 1. The molecule has 8 heteroatoms. The van der Waals surface area contributed by atoms with Gasteiger partial charge in [-0.3, -0.25) is 9.59 Å². The van der Waals surface area contributed by atoms with Gasteiger partial charge in [-0.1, -0.05) is 26.8 Å². The van der Waals surface area contributed by atoms with Crippen molar-refractivity contribution in [3.63, 3.8) is 0 Å². The van der Waals surface area contributed by atoms with Crippen LogP contribution in [0.3, 0.4) is 0 Å². The van der Waals surface area contributed by atoms with Crippen LogP contribution in [0, 0.1) is 11.3 Å². The van der Waals surface area contributed by atoms with E-state index in [-0.39, 0.29) is 29.2 Å². The number of ether oxygens (including phenoxy) is 1. The van der Waals surface area contributed by atoms with Gasteiger partial charge < -0.3 is 15.0 Å². The van der Waals surface area contributed by atoms with Crippen LogP contribution in [0.15, 0.2) is 24.3 Å². The first-order valence-electron chi connectivity index (χ1n) is 8.42. The third kappa shape index (κ3) is 5.64. The fourth-order valence-corrected chi connectivity index (χ4v) is 2.83. The number of likely N-dealkylation sites (tertiary alicyclic amines) is 1. The lowest BCUT2D eigenvalue weighted by Crippen LogP contribution is -2.45. The van der Waals surface area contributed by atoms with Crippen molar-refractivity contribution in [3.05, 3.63) is 24.3 Å². The molecule has 1 aliphatic heterocycles. The van der Waals surface area contributed by atoms with Gasteiger partial charge in [-0.25, -0.2) is 0 Å². The molecular formula is C18H23F3N2O3. The van der Waals surface area contributed by atoms with Crippen LogP contribution in [0.5, 0.6) is 5.75 Å². The molecule has 0 aromatic heterocycles. The zero-order chi connectivity index (χ0) is 19.5. The van der Waals surface area contributed by atoms with Crippen molar-refractivity contribution in [1.29, 1.82) is 0 Å². The molecule has 1 heterocycles. The molecule has 0 spiro atoms. The largest absolute Gasteiger partial charge is 0.573 e. The topological polar surface area (TPSA) is 58.6 Å². The van der Waals surface area contributed by atoms with Crippen molar-refractivity contribution in [2.24, 2.45) is 11.3 Å². The molecule has 1 aliphatic rings. The van der Waals surface area contributed by atoms with Crippen molar-refractivity contribution in [1.82, 2.24) is 4.90 Å². The lowest BCUT2D eigenvalue weighted by molar-refractivity contribution is -0.274. The SMILES string of the molecule is CC(C)(C)C(=O)N1CCC(C(=O)Nc2cccc(OC(F)(F)F)c2)CC1. The molecule has 144 valence electrons. The molecule has 1 aromatic carbocycles. The summed E-state index contributed by atoms with van der Waals surface area (Å²) in [5, 5.41) is 2.62. The average Bonchev–Trinajstić information content (AvgIpc) is 2.52. The van der Waals surface area contributed by atoms with Gasteiger partial charge in [-0.05, 0) is 25.0 Å². The standard InChI is InChI=1S/C18H23F3N2O3/c1-17(2,3)16(25)23-9-7-12(8-10-23)15(24)22-13-5-4-6-14(11-13)26-18(19,20)21/h4-6,11-12H,7-10H2,1-3H3,(H,22,24). The first-order chi connectivity index (χ1) is 12.0. The number of amides is 2. The van der Waals surface area contributed by atoms with Crippen molar-refractivity contribution >= 4 is 17.5 Å². The van der Waals surface area contributed by atoms with Gasteiger partial charge in [0.25, 0.3) is 0 Å². The van der Waals surface area contributed by atoms with E-state index in [1.165, 1.54) is 18.2 Å². The third-order valence-corrected chi connectivity index (χ3v) is 4.13. The Morgan fingerprint density at radius 2 is 1.77 bits per heavy atom. The van der Waals surface area contributed by atoms with Gasteiger partial charge in [0.05, 0.1) is 0 Å². The molecule has 0 bridgehead atoms. The van der Waals surface area contributed by atoms with Crippen LogP contribution in [-0.2, 0) is 9.59 Å². The number of carbonyl (C=O) groups is 2. The lowest BCUT2D eigenvalue weighted by atomic mass is 9.90. The number of piperidine rings is 1. The Bertz CT molecular complexity index is 660. The van der Waals surface area contributed by atoms with Gasteiger partial charge in [-0.15, -0.1) is 13.2 Å². The van der Waals surface area contributed by atoms with Gasteiger partial charge in [0.1, 0.15) is 5.75 Å². The maximum atomic E-state index is 12.4. The summed E-state index contributed by atoms with van der Waals surface area (Å²) in [5.41, 5.74) is -0.224. The maximum absolute atomic E-state index is 12.4. The van der Waals surface area contributed by atoms with E-state index in [9.17, 15) is 22.8 Å². The van der Waals surface area contributed by atoms with Gasteiger partial charge in [0, 0.05) is 36.2 Å². The summed E-state index contributed by atoms with van der Waals surface area (Å²) in [6.45, 7) is 6.54. The molecule has 0 saturated carbocycles. The predicted molar refractivity (Wildman–Crippen MR) is 90.5 cm³/mol. The highest BCUT2D eigenvalue weighted by molar-refractivity contribution is 5.93. The zero-order valence-corrected chi connectivity index (χ0v) is 15.0. The van der Waals surface area contributed by atoms with Gasteiger partial charge in [-0.2, -0.15) is 0 Å². The molecule has 1 N–H and O–H groups in total. The van der Waals surface area contributed by atoms with E-state index in [4.69, 9.17) is 0 Å². The number of nitrogens with zero attached hydrogens (tertiary/aromatic N) is 1. The molecule has 5 nitrogen and oxygen atoms in total. The van der Waals surface area contributed by atoms with Crippen molar-refractivity contribution < 1.29 is 27.5 Å². The Balaban J connectivity index is 1.92. The Labute approximate surface area is 150 Å². The van der Waals surface area contributed by atoms with Gasteiger partial charge in [0.15, 0.2) is 0 Å². The van der Waals surface area contributed by atoms with E-state index in [0.29, 0.717) is 25.9 Å². The summed E-state index contributed by atoms with van der Waals surface area (Å²) < 4.78 is 40.7. The van der Waals surface area contributed by atoms with Gasteiger partial charge in [0.2, 0.25) is 11.8 Å². The summed E-state index contributed by atoms with van der Waals surface area (Å²) in [6.07, 6.45) is -3.74. The Morgan fingerprint density at radius 1 is 1.15 bits per heavy atom. The van der Waals surface area contributed by atoms with Crippen LogP contribution in [0.25, 0.3) is 0 Å². The summed E-state index contributed by atoms with van der Waals surface area (Å²) in [4.78, 5) is 26.4. The lowest BCUT2D eigenvalue weighted by Gasteiger charge is -2.35. The smallest absolute Gasteiger partial charge is 0.406 e. The van der Waals surface area contributed by atoms with Crippen molar-refractivity contribution in [3.8, 4) is 5.75 Å². The minimum absolute atomic E-state index is 0.0494. The summed E-state index contributed by atoms with van der Waals surface area (Å²) in [5.74, 6) is -0.891. The molecule has 0 atom stereocenters. The molecule has 2 amide bonds. The Morgan fingerprint density at radius 3 is 2.31 bits per heavy atom.